The molecule has 0 spiro atoms. The highest BCUT2D eigenvalue weighted by molar-refractivity contribution is 6.04. The maximum Gasteiger partial charge on any atom is 0.256 e. The summed E-state index contributed by atoms with van der Waals surface area (Å²) < 4.78 is 2.13. The van der Waals surface area contributed by atoms with Gasteiger partial charge in [0.2, 0.25) is 0 Å². The van der Waals surface area contributed by atoms with Crippen LogP contribution in [0.2, 0.25) is 0 Å². The van der Waals surface area contributed by atoms with Crippen LogP contribution >= 0.6 is 0 Å². The number of anilines is 1. The molecule has 1 aromatic carbocycles. The molecule has 1 aliphatic heterocycles. The number of nitrogens with zero attached hydrogens (tertiary/aromatic N) is 3. The number of carbonyl (C=O) groups excluding carboxylic acids is 1. The Hall–Kier alpha value is -3.39. The summed E-state index contributed by atoms with van der Waals surface area (Å²) in [6.07, 6.45) is 7.27. The number of hydrogen-bond donors (Lipinski definition) is 1. The van der Waals surface area contributed by atoms with Crippen LogP contribution in [-0.2, 0) is 6.42 Å². The van der Waals surface area contributed by atoms with E-state index in [1.807, 2.05) is 43.6 Å². The molecule has 0 saturated carbocycles. The van der Waals surface area contributed by atoms with Crippen LogP contribution in [0.25, 0.3) is 0 Å². The molecule has 5 nitrogen and oxygen atoms in total. The molecule has 1 aliphatic rings. The fraction of sp³-hybridized carbons (Fsp3) is 0.227. The third-order valence-electron chi connectivity index (χ3n) is 4.90. The molecule has 3 aromatic rings. The molecule has 2 aromatic heterocycles. The molecule has 4 rings (SSSR count). The summed E-state index contributed by atoms with van der Waals surface area (Å²) in [7, 11) is 0. The van der Waals surface area contributed by atoms with Crippen molar-refractivity contribution in [3.05, 3.63) is 77.0 Å². The number of aryl methyl sites for hydroxylation is 1. The van der Waals surface area contributed by atoms with E-state index in [2.05, 4.69) is 38.6 Å². The van der Waals surface area contributed by atoms with Gasteiger partial charge in [-0.15, -0.1) is 0 Å². The average molecular weight is 356 g/mol. The van der Waals surface area contributed by atoms with Crippen molar-refractivity contribution < 1.29 is 4.79 Å². The Labute approximate surface area is 158 Å². The number of nitrogens with one attached hydrogen (secondary N) is 1. The lowest BCUT2D eigenvalue weighted by molar-refractivity contribution is 0.102. The Kier molecular flexibility index (Phi) is 4.47. The number of imidazole rings is 1. The summed E-state index contributed by atoms with van der Waals surface area (Å²) in [6, 6.07) is 9.76. The van der Waals surface area contributed by atoms with Gasteiger partial charge in [-0.3, -0.25) is 9.78 Å². The van der Waals surface area contributed by atoms with Crippen molar-refractivity contribution in [3.63, 3.8) is 0 Å². The van der Waals surface area contributed by atoms with Gasteiger partial charge in [-0.1, -0.05) is 17.9 Å². The minimum atomic E-state index is -0.166. The monoisotopic (exact) mass is 356 g/mol. The van der Waals surface area contributed by atoms with Gasteiger partial charge in [0.1, 0.15) is 0 Å². The van der Waals surface area contributed by atoms with Crippen molar-refractivity contribution in [2.45, 2.75) is 32.7 Å². The summed E-state index contributed by atoms with van der Waals surface area (Å²) >= 11 is 0. The molecule has 0 fully saturated rings. The second kappa shape index (κ2) is 7.08. The van der Waals surface area contributed by atoms with Crippen molar-refractivity contribution in [1.82, 2.24) is 14.5 Å². The van der Waals surface area contributed by atoms with E-state index in [0.29, 0.717) is 17.4 Å². The lowest BCUT2D eigenvalue weighted by Crippen LogP contribution is -2.13. The first kappa shape index (κ1) is 17.0. The average Bonchev–Trinajstić information content (AvgIpc) is 3.25. The summed E-state index contributed by atoms with van der Waals surface area (Å²) in [6.45, 7) is 4.15. The summed E-state index contributed by atoms with van der Waals surface area (Å²) in [4.78, 5) is 21.1. The lowest BCUT2D eigenvalue weighted by Gasteiger charge is -2.06. The Bertz CT molecular complexity index is 1060. The molecule has 3 heterocycles. The highest BCUT2D eigenvalue weighted by Gasteiger charge is 2.23. The van der Waals surface area contributed by atoms with Gasteiger partial charge in [0.15, 0.2) is 5.82 Å². The lowest BCUT2D eigenvalue weighted by atomic mass is 10.0. The van der Waals surface area contributed by atoms with Crippen molar-refractivity contribution in [2.24, 2.45) is 0 Å². The van der Waals surface area contributed by atoms with Crippen molar-refractivity contribution >= 4 is 11.7 Å². The molecule has 1 amide bonds. The van der Waals surface area contributed by atoms with E-state index in [9.17, 15) is 4.79 Å². The first-order valence-electron chi connectivity index (χ1n) is 9.01. The predicted molar refractivity (Wildman–Crippen MR) is 105 cm³/mol. The SMILES string of the molecule is Cc1ccc(C(=O)Nc2ncn3c2CCC3C)cc1C#Cc1cccnc1. The molecule has 1 atom stereocenters. The molecule has 0 saturated heterocycles. The Morgan fingerprint density at radius 3 is 3.00 bits per heavy atom. The van der Waals surface area contributed by atoms with Gasteiger partial charge in [-0.25, -0.2) is 4.98 Å². The topological polar surface area (TPSA) is 59.8 Å². The van der Waals surface area contributed by atoms with Gasteiger partial charge in [0, 0.05) is 35.1 Å². The maximum atomic E-state index is 12.7. The van der Waals surface area contributed by atoms with E-state index in [-0.39, 0.29) is 5.91 Å². The highest BCUT2D eigenvalue weighted by atomic mass is 16.1. The van der Waals surface area contributed by atoms with Crippen LogP contribution < -0.4 is 5.32 Å². The first-order valence-corrected chi connectivity index (χ1v) is 9.01. The zero-order valence-electron chi connectivity index (χ0n) is 15.4. The highest BCUT2D eigenvalue weighted by Crippen LogP contribution is 2.30. The number of hydrogen-bond acceptors (Lipinski definition) is 3. The number of amides is 1. The molecule has 1 unspecified atom stereocenters. The van der Waals surface area contributed by atoms with Crippen molar-refractivity contribution in [2.75, 3.05) is 5.32 Å². The van der Waals surface area contributed by atoms with Gasteiger partial charge in [0.05, 0.1) is 12.0 Å². The van der Waals surface area contributed by atoms with Crippen LogP contribution in [0.3, 0.4) is 0 Å². The normalized spacial score (nSPS) is 15.0. The van der Waals surface area contributed by atoms with Gasteiger partial charge in [-0.2, -0.15) is 0 Å². The zero-order valence-corrected chi connectivity index (χ0v) is 15.4. The fourth-order valence-corrected chi connectivity index (χ4v) is 3.26. The predicted octanol–water partition coefficient (Wildman–Crippen LogP) is 3.75. The van der Waals surface area contributed by atoms with E-state index in [1.165, 1.54) is 0 Å². The number of carbonyl (C=O) groups is 1. The standard InChI is InChI=1S/C22H20N4O/c1-15-5-8-19(12-18(15)9-7-17-4-3-11-23-13-17)22(27)25-21-20-10-6-16(2)26(20)14-24-21/h3-5,8,11-14,16H,6,10H2,1-2H3,(H,25,27). The van der Waals surface area contributed by atoms with Gasteiger partial charge in [-0.05, 0) is 56.5 Å². The number of rotatable bonds is 2. The van der Waals surface area contributed by atoms with E-state index in [1.54, 1.807) is 12.4 Å². The smallest absolute Gasteiger partial charge is 0.256 e. The molecule has 1 N–H and O–H groups in total. The van der Waals surface area contributed by atoms with Gasteiger partial charge in [0.25, 0.3) is 5.91 Å². The molecule has 5 heteroatoms. The molecule has 0 bridgehead atoms. The van der Waals surface area contributed by atoms with Gasteiger partial charge >= 0.3 is 0 Å². The first-order chi connectivity index (χ1) is 13.1. The molecular weight excluding hydrogens is 336 g/mol. The minimum Gasteiger partial charge on any atom is -0.330 e. The number of pyridine rings is 1. The molecule has 27 heavy (non-hydrogen) atoms. The number of benzene rings is 1. The second-order valence-corrected chi connectivity index (χ2v) is 6.81. The maximum absolute atomic E-state index is 12.7. The van der Waals surface area contributed by atoms with Crippen LogP contribution in [0.15, 0.2) is 49.1 Å². The van der Waals surface area contributed by atoms with Crippen molar-refractivity contribution in [3.8, 4) is 11.8 Å². The quantitative estimate of drug-likeness (QED) is 0.712. The third kappa shape index (κ3) is 3.47. The molecule has 0 aliphatic carbocycles. The molecule has 0 radical (unpaired) electrons. The number of aromatic nitrogens is 3. The van der Waals surface area contributed by atoms with E-state index in [0.717, 1.165) is 35.2 Å². The largest absolute Gasteiger partial charge is 0.330 e. The summed E-state index contributed by atoms with van der Waals surface area (Å²) in [5.41, 5.74) is 4.37. The van der Waals surface area contributed by atoms with Crippen LogP contribution in [0.4, 0.5) is 5.82 Å². The van der Waals surface area contributed by atoms with Crippen LogP contribution in [-0.4, -0.2) is 20.4 Å². The second-order valence-electron chi connectivity index (χ2n) is 6.81. The summed E-state index contributed by atoms with van der Waals surface area (Å²) in [5.74, 6) is 6.73. The Morgan fingerprint density at radius 2 is 2.19 bits per heavy atom. The van der Waals surface area contributed by atoms with Crippen LogP contribution in [0.5, 0.6) is 0 Å². The van der Waals surface area contributed by atoms with Gasteiger partial charge < -0.3 is 9.88 Å². The van der Waals surface area contributed by atoms with E-state index < -0.39 is 0 Å². The van der Waals surface area contributed by atoms with Crippen LogP contribution in [0, 0.1) is 18.8 Å². The third-order valence-corrected chi connectivity index (χ3v) is 4.90. The van der Waals surface area contributed by atoms with Crippen LogP contribution in [0.1, 0.15) is 52.1 Å². The summed E-state index contributed by atoms with van der Waals surface area (Å²) in [5, 5.41) is 2.95. The van der Waals surface area contributed by atoms with Crippen molar-refractivity contribution in [1.29, 1.82) is 0 Å². The Morgan fingerprint density at radius 1 is 1.30 bits per heavy atom. The number of fused-ring (bicyclic) bond motifs is 1. The molecule has 134 valence electrons. The minimum absolute atomic E-state index is 0.166. The van der Waals surface area contributed by atoms with E-state index >= 15 is 0 Å². The Balaban J connectivity index is 1.57. The fourth-order valence-electron chi connectivity index (χ4n) is 3.26. The van der Waals surface area contributed by atoms with E-state index in [4.69, 9.17) is 0 Å². The zero-order chi connectivity index (χ0) is 18.8. The molecular formula is C22H20N4O.